The van der Waals surface area contributed by atoms with Crippen LogP contribution in [-0.2, 0) is 14.8 Å². The maximum Gasteiger partial charge on any atom is 0.242 e. The molecule has 13 heteroatoms. The molecule has 0 bridgehead atoms. The van der Waals surface area contributed by atoms with Gasteiger partial charge in [0.2, 0.25) is 16.0 Å². The molecule has 1 saturated heterocycles. The van der Waals surface area contributed by atoms with Crippen LogP contribution in [0.3, 0.4) is 0 Å². The molecule has 38 heavy (non-hydrogen) atoms. The van der Waals surface area contributed by atoms with Gasteiger partial charge in [0.05, 0.1) is 49.7 Å². The van der Waals surface area contributed by atoms with Crippen molar-refractivity contribution < 1.29 is 22.6 Å². The Morgan fingerprint density at radius 1 is 1.03 bits per heavy atom. The summed E-state index contributed by atoms with van der Waals surface area (Å²) in [7, 11) is -2.36. The molecule has 1 fully saturated rings. The molecule has 0 radical (unpaired) electrons. The van der Waals surface area contributed by atoms with Crippen molar-refractivity contribution in [2.45, 2.75) is 18.7 Å². The zero-order valence-corrected chi connectivity index (χ0v) is 23.0. The van der Waals surface area contributed by atoms with E-state index >= 15 is 0 Å². The van der Waals surface area contributed by atoms with Gasteiger partial charge in [-0.3, -0.25) is 0 Å². The highest BCUT2D eigenvalue weighted by Crippen LogP contribution is 2.40. The summed E-state index contributed by atoms with van der Waals surface area (Å²) in [6.07, 6.45) is 1.43. The van der Waals surface area contributed by atoms with Crippen molar-refractivity contribution in [1.29, 1.82) is 0 Å². The monoisotopic (exact) mass is 562 g/mol. The molecule has 0 atom stereocenters. The molecule has 4 rings (SSSR count). The van der Waals surface area contributed by atoms with Gasteiger partial charge in [0.25, 0.3) is 0 Å². The molecule has 2 aromatic carbocycles. The number of rotatable bonds is 11. The fourth-order valence-electron chi connectivity index (χ4n) is 3.92. The molecule has 0 amide bonds. The Morgan fingerprint density at radius 3 is 2.45 bits per heavy atom. The number of nitrogens with zero attached hydrogens (tertiary/aromatic N) is 3. The Hall–Kier alpha value is -3.32. The van der Waals surface area contributed by atoms with Gasteiger partial charge in [0, 0.05) is 25.2 Å². The topological polar surface area (TPSA) is 127 Å². The number of hydrogen-bond donors (Lipinski definition) is 3. The summed E-state index contributed by atoms with van der Waals surface area (Å²) in [6.45, 7) is 7.56. The summed E-state index contributed by atoms with van der Waals surface area (Å²) in [4.78, 5) is 11.1. The minimum atomic E-state index is -3.71. The first-order valence-corrected chi connectivity index (χ1v) is 14.1. The first-order chi connectivity index (χ1) is 18.4. The first-order valence-electron chi connectivity index (χ1n) is 12.2. The number of halogens is 1. The van der Waals surface area contributed by atoms with Crippen LogP contribution in [0, 0.1) is 0 Å². The van der Waals surface area contributed by atoms with Crippen LogP contribution in [0.15, 0.2) is 47.5 Å². The number of sulfonamides is 1. The van der Waals surface area contributed by atoms with Crippen LogP contribution in [0.4, 0.5) is 28.8 Å². The maximum absolute atomic E-state index is 12.5. The van der Waals surface area contributed by atoms with Crippen LogP contribution in [-0.4, -0.2) is 65.0 Å². The van der Waals surface area contributed by atoms with Gasteiger partial charge in [0.1, 0.15) is 21.4 Å². The van der Waals surface area contributed by atoms with E-state index in [0.29, 0.717) is 49.3 Å². The Bertz CT molecular complexity index is 1370. The van der Waals surface area contributed by atoms with Crippen molar-refractivity contribution in [1.82, 2.24) is 14.7 Å². The second-order valence-corrected chi connectivity index (χ2v) is 10.4. The molecule has 3 N–H and O–H groups in total. The van der Waals surface area contributed by atoms with Crippen molar-refractivity contribution in [3.63, 3.8) is 0 Å². The summed E-state index contributed by atoms with van der Waals surface area (Å²) >= 11 is 6.36. The van der Waals surface area contributed by atoms with E-state index in [1.807, 2.05) is 26.0 Å². The van der Waals surface area contributed by atoms with Crippen LogP contribution in [0.1, 0.15) is 13.8 Å². The highest BCUT2D eigenvalue weighted by Gasteiger charge is 2.21. The second kappa shape index (κ2) is 12.5. The third-order valence-corrected chi connectivity index (χ3v) is 7.45. The summed E-state index contributed by atoms with van der Waals surface area (Å²) < 4.78 is 44.7. The summed E-state index contributed by atoms with van der Waals surface area (Å²) in [5, 5.41) is 6.43. The summed E-state index contributed by atoms with van der Waals surface area (Å²) in [6, 6.07) is 10.3. The number of para-hydroxylation sites is 1. The highest BCUT2D eigenvalue weighted by atomic mass is 35.5. The fraction of sp³-hybridized carbons (Fsp3) is 0.360. The third-order valence-electron chi connectivity index (χ3n) is 5.70. The van der Waals surface area contributed by atoms with Crippen LogP contribution in [0.5, 0.6) is 11.5 Å². The molecule has 204 valence electrons. The lowest BCUT2D eigenvalue weighted by Crippen LogP contribution is -2.36. The Kier molecular flexibility index (Phi) is 9.10. The zero-order valence-electron chi connectivity index (χ0n) is 21.5. The standard InChI is InChI=1S/C25H31ClN6O5S/c1-4-36-21-15-20(32-10-12-35-13-11-32)22(37-5-2)14-19(21)30-25-28-16-17(26)24(31-25)29-18-8-6-7-9-23(18)38(33,34)27-3/h6-9,14-16,27H,4-5,10-13H2,1-3H3,(H2,28,29,30,31). The van der Waals surface area contributed by atoms with Gasteiger partial charge < -0.3 is 29.7 Å². The van der Waals surface area contributed by atoms with E-state index in [-0.39, 0.29) is 21.7 Å². The minimum absolute atomic E-state index is 0.0605. The Balaban J connectivity index is 1.68. The minimum Gasteiger partial charge on any atom is -0.492 e. The molecular formula is C25H31ClN6O5S. The van der Waals surface area contributed by atoms with Crippen molar-refractivity contribution >= 4 is 50.5 Å². The molecule has 1 aromatic heterocycles. The molecule has 1 aliphatic heterocycles. The van der Waals surface area contributed by atoms with Crippen molar-refractivity contribution in [2.24, 2.45) is 0 Å². The molecule has 0 aliphatic carbocycles. The van der Waals surface area contributed by atoms with Crippen LogP contribution >= 0.6 is 11.6 Å². The predicted octanol–water partition coefficient (Wildman–Crippen LogP) is 4.16. The lowest BCUT2D eigenvalue weighted by Gasteiger charge is -2.31. The lowest BCUT2D eigenvalue weighted by molar-refractivity contribution is 0.122. The molecule has 0 spiro atoms. The van der Waals surface area contributed by atoms with Crippen LogP contribution in [0.25, 0.3) is 0 Å². The molecule has 11 nitrogen and oxygen atoms in total. The molecule has 0 saturated carbocycles. The first kappa shape index (κ1) is 27.7. The average Bonchev–Trinajstić information content (AvgIpc) is 2.93. The normalized spacial score (nSPS) is 13.7. The SMILES string of the molecule is CCOc1cc(N2CCOCC2)c(OCC)cc1Nc1ncc(Cl)c(Nc2ccccc2S(=O)(=O)NC)n1. The largest absolute Gasteiger partial charge is 0.492 e. The fourth-order valence-corrected chi connectivity index (χ4v) is 4.95. The third kappa shape index (κ3) is 6.38. The van der Waals surface area contributed by atoms with E-state index in [4.69, 9.17) is 25.8 Å². The van der Waals surface area contributed by atoms with Crippen LogP contribution < -0.4 is 29.7 Å². The van der Waals surface area contributed by atoms with Crippen molar-refractivity contribution in [3.05, 3.63) is 47.6 Å². The number of morpholine rings is 1. The second-order valence-electron chi connectivity index (χ2n) is 8.13. The molecule has 1 aliphatic rings. The quantitative estimate of drug-likeness (QED) is 0.313. The smallest absolute Gasteiger partial charge is 0.242 e. The number of aromatic nitrogens is 2. The Labute approximate surface area is 227 Å². The highest BCUT2D eigenvalue weighted by molar-refractivity contribution is 7.89. The molecule has 3 aromatic rings. The zero-order chi connectivity index (χ0) is 27.1. The maximum atomic E-state index is 12.5. The van der Waals surface area contributed by atoms with Gasteiger partial charge in [-0.1, -0.05) is 23.7 Å². The number of ether oxygens (including phenoxy) is 3. The molecule has 2 heterocycles. The van der Waals surface area contributed by atoms with Gasteiger partial charge in [-0.2, -0.15) is 4.98 Å². The van der Waals surface area contributed by atoms with E-state index in [0.717, 1.165) is 18.8 Å². The van der Waals surface area contributed by atoms with Crippen molar-refractivity contribution in [2.75, 3.05) is 62.1 Å². The van der Waals surface area contributed by atoms with E-state index < -0.39 is 10.0 Å². The van der Waals surface area contributed by atoms with Crippen molar-refractivity contribution in [3.8, 4) is 11.5 Å². The molecule has 0 unspecified atom stereocenters. The van der Waals surface area contributed by atoms with Gasteiger partial charge in [-0.05, 0) is 33.0 Å². The number of nitrogens with one attached hydrogen (secondary N) is 3. The van der Waals surface area contributed by atoms with E-state index in [1.165, 1.54) is 19.3 Å². The van der Waals surface area contributed by atoms with Gasteiger partial charge >= 0.3 is 0 Å². The predicted molar refractivity (Wildman–Crippen MR) is 148 cm³/mol. The number of anilines is 5. The van der Waals surface area contributed by atoms with E-state index in [2.05, 4.69) is 30.2 Å². The van der Waals surface area contributed by atoms with Gasteiger partial charge in [-0.15, -0.1) is 0 Å². The summed E-state index contributed by atoms with van der Waals surface area (Å²) in [5.74, 6) is 1.76. The number of hydrogen-bond acceptors (Lipinski definition) is 10. The summed E-state index contributed by atoms with van der Waals surface area (Å²) in [5.41, 5.74) is 1.85. The Morgan fingerprint density at radius 2 is 1.74 bits per heavy atom. The van der Waals surface area contributed by atoms with E-state index in [1.54, 1.807) is 18.2 Å². The van der Waals surface area contributed by atoms with Gasteiger partial charge in [-0.25, -0.2) is 18.1 Å². The van der Waals surface area contributed by atoms with E-state index in [9.17, 15) is 8.42 Å². The number of benzene rings is 2. The van der Waals surface area contributed by atoms with Gasteiger partial charge in [0.15, 0.2) is 5.82 Å². The lowest BCUT2D eigenvalue weighted by atomic mass is 10.2. The molecular weight excluding hydrogens is 532 g/mol. The average molecular weight is 563 g/mol. The van der Waals surface area contributed by atoms with Crippen LogP contribution in [0.2, 0.25) is 5.02 Å².